The van der Waals surface area contributed by atoms with Gasteiger partial charge in [-0.05, 0) is 69.1 Å². The summed E-state index contributed by atoms with van der Waals surface area (Å²) in [5, 5.41) is -0.00324. The molecule has 0 unspecified atom stereocenters. The van der Waals surface area contributed by atoms with E-state index in [0.717, 1.165) is 11.3 Å². The number of ether oxygens (including phenoxy) is 5. The van der Waals surface area contributed by atoms with Gasteiger partial charge in [0.25, 0.3) is 0 Å². The monoisotopic (exact) mass is 692 g/mol. The van der Waals surface area contributed by atoms with E-state index in [1.54, 1.807) is 44.6 Å². The van der Waals surface area contributed by atoms with E-state index in [-0.39, 0.29) is 23.5 Å². The van der Waals surface area contributed by atoms with E-state index < -0.39 is 26.7 Å². The summed E-state index contributed by atoms with van der Waals surface area (Å²) in [5.41, 5.74) is 1.93. The van der Waals surface area contributed by atoms with Crippen molar-refractivity contribution in [2.24, 2.45) is 5.92 Å². The third-order valence-corrected chi connectivity index (χ3v) is 13.3. The summed E-state index contributed by atoms with van der Waals surface area (Å²) in [4.78, 5) is 28.7. The largest absolute Gasteiger partial charge is 0.543 e. The normalized spacial score (nSPS) is 18.3. The molecular weight excluding hydrogens is 641 g/mol. The molecule has 0 N–H and O–H groups in total. The van der Waals surface area contributed by atoms with E-state index in [0.29, 0.717) is 62.5 Å². The number of carbonyl (C=O) groups is 2. The van der Waals surface area contributed by atoms with Crippen LogP contribution in [0.25, 0.3) is 0 Å². The Kier molecular flexibility index (Phi) is 13.6. The molecule has 266 valence electrons. The third-order valence-electron chi connectivity index (χ3n) is 8.92. The van der Waals surface area contributed by atoms with Crippen molar-refractivity contribution in [1.82, 2.24) is 9.55 Å². The molecule has 1 aliphatic rings. The van der Waals surface area contributed by atoms with Crippen molar-refractivity contribution in [1.29, 1.82) is 0 Å². The van der Waals surface area contributed by atoms with Crippen LogP contribution in [0.3, 0.4) is 0 Å². The summed E-state index contributed by atoms with van der Waals surface area (Å²) in [7, 11) is -2.19. The van der Waals surface area contributed by atoms with Crippen LogP contribution in [0.1, 0.15) is 87.8 Å². The van der Waals surface area contributed by atoms with E-state index in [1.165, 1.54) is 0 Å². The maximum Gasteiger partial charge on any atom is 0.338 e. The van der Waals surface area contributed by atoms with Crippen molar-refractivity contribution in [2.45, 2.75) is 91.0 Å². The number of imidazole rings is 1. The summed E-state index contributed by atoms with van der Waals surface area (Å²) in [6.45, 7) is 16.7. The van der Waals surface area contributed by atoms with E-state index >= 15 is 0 Å². The standard InChI is InChI=1S/C38H52N2O8Si/c1-8-43-34(41)18-12-10-11-15-29-26-46-37(47-35(29)30-16-13-14-17-33(30)48-49(6,7)38(3,4)5)31-25-28(36(42)44-9-2)19-20-32(31)45-24-23-40-22-21-39-27-40/h10-11,13-14,16-17,19-22,25,27,29,35,37H,8-9,12,15,18,23-24,26H2,1-7H3/b11-10-/t29-,35+,37+/m1/s1. The van der Waals surface area contributed by atoms with Crippen LogP contribution in [0.2, 0.25) is 18.1 Å². The fourth-order valence-electron chi connectivity index (χ4n) is 5.21. The predicted molar refractivity (Wildman–Crippen MR) is 190 cm³/mol. The number of rotatable bonds is 16. The van der Waals surface area contributed by atoms with Crippen LogP contribution in [0.5, 0.6) is 11.5 Å². The van der Waals surface area contributed by atoms with Gasteiger partial charge in [-0.2, -0.15) is 0 Å². The summed E-state index contributed by atoms with van der Waals surface area (Å²) in [6.07, 6.45) is 9.77. The zero-order valence-electron chi connectivity index (χ0n) is 30.0. The van der Waals surface area contributed by atoms with Crippen LogP contribution in [-0.4, -0.2) is 56.2 Å². The number of nitrogens with zero attached hydrogens (tertiary/aromatic N) is 2. The molecule has 49 heavy (non-hydrogen) atoms. The highest BCUT2D eigenvalue weighted by molar-refractivity contribution is 6.74. The number of hydrogen-bond acceptors (Lipinski definition) is 9. The fourth-order valence-corrected chi connectivity index (χ4v) is 6.25. The fraction of sp³-hybridized carbons (Fsp3) is 0.500. The first-order chi connectivity index (χ1) is 23.4. The molecule has 2 aromatic carbocycles. The Morgan fingerprint density at radius 1 is 1.02 bits per heavy atom. The second kappa shape index (κ2) is 17.6. The number of carbonyl (C=O) groups excluding carboxylic acids is 2. The van der Waals surface area contributed by atoms with Gasteiger partial charge in [-0.3, -0.25) is 4.79 Å². The molecular formula is C38H52N2O8Si. The smallest absolute Gasteiger partial charge is 0.338 e. The quantitative estimate of drug-likeness (QED) is 0.0834. The van der Waals surface area contributed by atoms with Crippen molar-refractivity contribution in [3.8, 4) is 11.5 Å². The van der Waals surface area contributed by atoms with Crippen molar-refractivity contribution in [3.05, 3.63) is 90.0 Å². The highest BCUT2D eigenvalue weighted by Gasteiger charge is 2.41. The van der Waals surface area contributed by atoms with Crippen molar-refractivity contribution in [3.63, 3.8) is 0 Å². The maximum absolute atomic E-state index is 12.8. The lowest BCUT2D eigenvalue weighted by Crippen LogP contribution is -2.44. The van der Waals surface area contributed by atoms with Gasteiger partial charge in [0.05, 0.1) is 49.9 Å². The Bertz CT molecular complexity index is 1530. The molecule has 1 aromatic heterocycles. The molecule has 1 saturated heterocycles. The third kappa shape index (κ3) is 10.5. The zero-order valence-corrected chi connectivity index (χ0v) is 31.0. The number of hydrogen-bond donors (Lipinski definition) is 0. The lowest BCUT2D eigenvalue weighted by molar-refractivity contribution is -0.244. The molecule has 10 nitrogen and oxygen atoms in total. The van der Waals surface area contributed by atoms with E-state index in [1.807, 2.05) is 35.0 Å². The average Bonchev–Trinajstić information content (AvgIpc) is 3.58. The van der Waals surface area contributed by atoms with Crippen molar-refractivity contribution >= 4 is 20.3 Å². The Balaban J connectivity index is 1.66. The zero-order chi connectivity index (χ0) is 35.4. The average molecular weight is 693 g/mol. The van der Waals surface area contributed by atoms with Gasteiger partial charge >= 0.3 is 11.9 Å². The van der Waals surface area contributed by atoms with Gasteiger partial charge in [0.15, 0.2) is 6.29 Å². The number of allylic oxidation sites excluding steroid dienone is 2. The Morgan fingerprint density at radius 2 is 1.80 bits per heavy atom. The van der Waals surface area contributed by atoms with Gasteiger partial charge in [0.2, 0.25) is 8.32 Å². The first-order valence-corrected chi connectivity index (χ1v) is 20.1. The minimum atomic E-state index is -2.19. The molecule has 2 heterocycles. The van der Waals surface area contributed by atoms with Crippen LogP contribution in [0.15, 0.2) is 73.3 Å². The summed E-state index contributed by atoms with van der Waals surface area (Å²) in [6, 6.07) is 13.3. The molecule has 0 spiro atoms. The molecule has 0 amide bonds. The first-order valence-electron chi connectivity index (χ1n) is 17.2. The maximum atomic E-state index is 12.8. The van der Waals surface area contributed by atoms with Crippen LogP contribution >= 0.6 is 0 Å². The number of esters is 2. The van der Waals surface area contributed by atoms with Gasteiger partial charge in [-0.15, -0.1) is 0 Å². The van der Waals surface area contributed by atoms with Crippen LogP contribution in [-0.2, 0) is 30.3 Å². The molecule has 1 fully saturated rings. The molecule has 0 radical (unpaired) electrons. The van der Waals surface area contributed by atoms with Crippen LogP contribution in [0.4, 0.5) is 0 Å². The van der Waals surface area contributed by atoms with Gasteiger partial charge in [-0.1, -0.05) is 51.1 Å². The molecule has 0 aliphatic carbocycles. The van der Waals surface area contributed by atoms with E-state index in [4.69, 9.17) is 28.1 Å². The highest BCUT2D eigenvalue weighted by Crippen LogP contribution is 2.46. The molecule has 1 aliphatic heterocycles. The Labute approximate surface area is 291 Å². The number of aromatic nitrogens is 2. The van der Waals surface area contributed by atoms with Crippen molar-refractivity contribution in [2.75, 3.05) is 26.4 Å². The van der Waals surface area contributed by atoms with E-state index in [9.17, 15) is 9.59 Å². The molecule has 11 heteroatoms. The van der Waals surface area contributed by atoms with Crippen LogP contribution < -0.4 is 9.16 Å². The molecule has 3 aromatic rings. The first kappa shape index (κ1) is 37.9. The topological polar surface area (TPSA) is 107 Å². The number of benzene rings is 2. The summed E-state index contributed by atoms with van der Waals surface area (Å²) in [5.74, 6) is 0.660. The second-order valence-corrected chi connectivity index (χ2v) is 18.3. The summed E-state index contributed by atoms with van der Waals surface area (Å²) >= 11 is 0. The SMILES string of the molecule is CCOC(=O)CC/C=C\C[C@@H]1CO[C@H](c2cc(C(=O)OCC)ccc2OCCn2ccnc2)O[C@@H]1c1ccccc1O[Si](C)(C)C(C)(C)C. The second-order valence-electron chi connectivity index (χ2n) is 13.6. The minimum Gasteiger partial charge on any atom is -0.543 e. The Morgan fingerprint density at radius 3 is 2.51 bits per heavy atom. The predicted octanol–water partition coefficient (Wildman–Crippen LogP) is 8.22. The van der Waals surface area contributed by atoms with Crippen molar-refractivity contribution < 1.29 is 37.7 Å². The summed E-state index contributed by atoms with van der Waals surface area (Å²) < 4.78 is 38.8. The molecule has 4 rings (SSSR count). The van der Waals surface area contributed by atoms with Gasteiger partial charge < -0.3 is 32.7 Å². The molecule has 3 atom stereocenters. The lowest BCUT2D eigenvalue weighted by Gasteiger charge is -2.40. The molecule has 0 saturated carbocycles. The minimum absolute atomic E-state index is 0.00324. The molecule has 0 bridgehead atoms. The van der Waals surface area contributed by atoms with E-state index in [2.05, 4.69) is 51.0 Å². The lowest BCUT2D eigenvalue weighted by atomic mass is 9.91. The highest BCUT2D eigenvalue weighted by atomic mass is 28.4. The van der Waals surface area contributed by atoms with Gasteiger partial charge in [0, 0.05) is 30.3 Å². The van der Waals surface area contributed by atoms with Crippen LogP contribution in [0, 0.1) is 5.92 Å². The number of para-hydroxylation sites is 1. The Hall–Kier alpha value is -3.93. The van der Waals surface area contributed by atoms with Gasteiger partial charge in [-0.25, -0.2) is 9.78 Å². The van der Waals surface area contributed by atoms with Gasteiger partial charge in [0.1, 0.15) is 18.1 Å².